The quantitative estimate of drug-likeness (QED) is 0.408. The third-order valence-corrected chi connectivity index (χ3v) is 4.32. The maximum atomic E-state index is 4.61. The number of guanidine groups is 1. The van der Waals surface area contributed by atoms with Crippen molar-refractivity contribution in [3.05, 3.63) is 46.2 Å². The molecule has 0 aromatic carbocycles. The lowest BCUT2D eigenvalue weighted by Crippen LogP contribution is -2.38. The molecule has 0 aliphatic rings. The van der Waals surface area contributed by atoms with Crippen LogP contribution >= 0.6 is 35.3 Å². The van der Waals surface area contributed by atoms with Crippen molar-refractivity contribution in [1.29, 1.82) is 0 Å². The number of hydrogen-bond acceptors (Lipinski definition) is 4. The number of thiazole rings is 1. The van der Waals surface area contributed by atoms with Gasteiger partial charge in [-0.25, -0.2) is 4.98 Å². The van der Waals surface area contributed by atoms with Crippen molar-refractivity contribution in [2.75, 3.05) is 13.6 Å². The van der Waals surface area contributed by atoms with Gasteiger partial charge in [0.05, 0.1) is 17.2 Å². The van der Waals surface area contributed by atoms with E-state index in [2.05, 4.69) is 44.8 Å². The van der Waals surface area contributed by atoms with Crippen LogP contribution in [0, 0.1) is 0 Å². The van der Waals surface area contributed by atoms with Gasteiger partial charge in [-0.05, 0) is 12.1 Å². The van der Waals surface area contributed by atoms with Crippen molar-refractivity contribution in [2.24, 2.45) is 4.99 Å². The summed E-state index contributed by atoms with van der Waals surface area (Å²) >= 11 is 1.71. The van der Waals surface area contributed by atoms with Crippen LogP contribution in [-0.2, 0) is 13.0 Å². The summed E-state index contributed by atoms with van der Waals surface area (Å²) in [7, 11) is 1.77. The Balaban J connectivity index is 0.00000264. The fraction of sp³-hybridized carbons (Fsp3) is 0.438. The molecule has 0 unspecified atom stereocenters. The van der Waals surface area contributed by atoms with Gasteiger partial charge in [0.25, 0.3) is 0 Å². The summed E-state index contributed by atoms with van der Waals surface area (Å²) in [4.78, 5) is 13.1. The van der Waals surface area contributed by atoms with E-state index in [1.165, 1.54) is 5.01 Å². The number of hydrogen-bond donors (Lipinski definition) is 2. The summed E-state index contributed by atoms with van der Waals surface area (Å²) in [5.74, 6) is 1.27. The van der Waals surface area contributed by atoms with E-state index in [9.17, 15) is 0 Å². The third-order valence-electron chi connectivity index (χ3n) is 3.12. The second kappa shape index (κ2) is 10.5. The summed E-state index contributed by atoms with van der Waals surface area (Å²) in [5, 5.41) is 9.86. The molecule has 2 aromatic rings. The van der Waals surface area contributed by atoms with Gasteiger partial charge in [-0.15, -0.1) is 35.3 Å². The minimum Gasteiger partial charge on any atom is -0.356 e. The SMILES string of the molecule is CN=C(NCCc1ccccn1)NCc1csc(C(C)C)n1.I. The molecule has 23 heavy (non-hydrogen) atoms. The Morgan fingerprint density at radius 3 is 2.70 bits per heavy atom. The summed E-state index contributed by atoms with van der Waals surface area (Å²) in [6.45, 7) is 5.81. The van der Waals surface area contributed by atoms with Gasteiger partial charge in [-0.1, -0.05) is 19.9 Å². The number of nitrogens with zero attached hydrogens (tertiary/aromatic N) is 3. The first-order chi connectivity index (χ1) is 10.7. The van der Waals surface area contributed by atoms with Crippen LogP contribution in [0.3, 0.4) is 0 Å². The van der Waals surface area contributed by atoms with Gasteiger partial charge >= 0.3 is 0 Å². The van der Waals surface area contributed by atoms with Crippen LogP contribution < -0.4 is 10.6 Å². The van der Waals surface area contributed by atoms with Crippen LogP contribution in [0.5, 0.6) is 0 Å². The Morgan fingerprint density at radius 2 is 2.09 bits per heavy atom. The molecule has 2 N–H and O–H groups in total. The maximum Gasteiger partial charge on any atom is 0.191 e. The predicted molar refractivity (Wildman–Crippen MR) is 108 cm³/mol. The molecule has 0 radical (unpaired) electrons. The van der Waals surface area contributed by atoms with Gasteiger partial charge in [0, 0.05) is 43.2 Å². The zero-order valence-electron chi connectivity index (χ0n) is 13.7. The average molecular weight is 445 g/mol. The molecule has 126 valence electrons. The molecular weight excluding hydrogens is 421 g/mol. The Kier molecular flexibility index (Phi) is 9.08. The summed E-state index contributed by atoms with van der Waals surface area (Å²) in [5.41, 5.74) is 2.13. The van der Waals surface area contributed by atoms with Crippen LogP contribution in [0.2, 0.25) is 0 Å². The predicted octanol–water partition coefficient (Wildman–Crippen LogP) is 3.19. The largest absolute Gasteiger partial charge is 0.356 e. The molecule has 0 atom stereocenters. The molecule has 0 aliphatic heterocycles. The summed E-state index contributed by atoms with van der Waals surface area (Å²) in [6, 6.07) is 5.96. The van der Waals surface area contributed by atoms with Crippen molar-refractivity contribution in [2.45, 2.75) is 32.7 Å². The average Bonchev–Trinajstić information content (AvgIpc) is 3.01. The van der Waals surface area contributed by atoms with E-state index >= 15 is 0 Å². The smallest absolute Gasteiger partial charge is 0.191 e. The van der Waals surface area contributed by atoms with Crippen molar-refractivity contribution in [3.8, 4) is 0 Å². The molecule has 0 aliphatic carbocycles. The number of pyridine rings is 1. The molecular formula is C16H24IN5S. The number of aromatic nitrogens is 2. The highest BCUT2D eigenvalue weighted by Crippen LogP contribution is 2.18. The summed E-state index contributed by atoms with van der Waals surface area (Å²) < 4.78 is 0. The first-order valence-electron chi connectivity index (χ1n) is 7.47. The minimum atomic E-state index is 0. The van der Waals surface area contributed by atoms with E-state index in [0.717, 1.165) is 30.3 Å². The molecule has 7 heteroatoms. The molecule has 0 saturated heterocycles. The van der Waals surface area contributed by atoms with Crippen LogP contribution in [-0.4, -0.2) is 29.5 Å². The zero-order chi connectivity index (χ0) is 15.8. The topological polar surface area (TPSA) is 62.2 Å². The van der Waals surface area contributed by atoms with Crippen LogP contribution in [0.25, 0.3) is 0 Å². The molecule has 0 bridgehead atoms. The Morgan fingerprint density at radius 1 is 1.26 bits per heavy atom. The second-order valence-electron chi connectivity index (χ2n) is 5.26. The Labute approximate surface area is 159 Å². The van der Waals surface area contributed by atoms with Gasteiger partial charge in [0.1, 0.15) is 0 Å². The van der Waals surface area contributed by atoms with Gasteiger partial charge in [0.15, 0.2) is 5.96 Å². The van der Waals surface area contributed by atoms with Gasteiger partial charge in [-0.3, -0.25) is 9.98 Å². The highest BCUT2D eigenvalue weighted by molar-refractivity contribution is 14.0. The fourth-order valence-corrected chi connectivity index (χ4v) is 2.75. The third kappa shape index (κ3) is 6.82. The Hall–Kier alpha value is -1.22. The molecule has 2 aromatic heterocycles. The van der Waals surface area contributed by atoms with E-state index in [1.54, 1.807) is 18.4 Å². The standard InChI is InChI=1S/C16H23N5S.HI/c1-12(2)15-21-14(11-22-15)10-20-16(17-3)19-9-7-13-6-4-5-8-18-13;/h4-6,8,11-12H,7,9-10H2,1-3H3,(H2,17,19,20);1H. The van der Waals surface area contributed by atoms with E-state index in [0.29, 0.717) is 12.5 Å². The number of rotatable bonds is 6. The molecule has 0 amide bonds. The van der Waals surface area contributed by atoms with Gasteiger partial charge in [-0.2, -0.15) is 0 Å². The first kappa shape index (κ1) is 19.8. The zero-order valence-corrected chi connectivity index (χ0v) is 16.9. The van der Waals surface area contributed by atoms with Crippen LogP contribution in [0.15, 0.2) is 34.8 Å². The van der Waals surface area contributed by atoms with E-state index < -0.39 is 0 Å². The van der Waals surface area contributed by atoms with Gasteiger partial charge < -0.3 is 10.6 Å². The van der Waals surface area contributed by atoms with Crippen LogP contribution in [0.1, 0.15) is 36.2 Å². The normalized spacial score (nSPS) is 11.2. The highest BCUT2D eigenvalue weighted by atomic mass is 127. The number of halogens is 1. The van der Waals surface area contributed by atoms with E-state index in [4.69, 9.17) is 0 Å². The minimum absolute atomic E-state index is 0. The molecule has 0 fully saturated rings. The molecule has 2 rings (SSSR count). The van der Waals surface area contributed by atoms with E-state index in [-0.39, 0.29) is 24.0 Å². The lowest BCUT2D eigenvalue weighted by molar-refractivity contribution is 0.769. The molecule has 0 spiro atoms. The van der Waals surface area contributed by atoms with E-state index in [1.807, 2.05) is 24.4 Å². The number of aliphatic imine (C=N–C) groups is 1. The second-order valence-corrected chi connectivity index (χ2v) is 6.15. The van der Waals surface area contributed by atoms with Crippen molar-refractivity contribution >= 4 is 41.3 Å². The first-order valence-corrected chi connectivity index (χ1v) is 8.35. The Bertz CT molecular complexity index is 598. The monoisotopic (exact) mass is 445 g/mol. The van der Waals surface area contributed by atoms with Crippen molar-refractivity contribution in [3.63, 3.8) is 0 Å². The van der Waals surface area contributed by atoms with Gasteiger partial charge in [0.2, 0.25) is 0 Å². The maximum absolute atomic E-state index is 4.61. The number of nitrogens with one attached hydrogen (secondary N) is 2. The lowest BCUT2D eigenvalue weighted by atomic mass is 10.2. The van der Waals surface area contributed by atoms with Crippen LogP contribution in [0.4, 0.5) is 0 Å². The summed E-state index contributed by atoms with van der Waals surface area (Å²) in [6.07, 6.45) is 2.69. The van der Waals surface area contributed by atoms with Crippen molar-refractivity contribution in [1.82, 2.24) is 20.6 Å². The fourth-order valence-electron chi connectivity index (χ4n) is 1.92. The molecule has 0 saturated carbocycles. The molecule has 5 nitrogen and oxygen atoms in total. The molecule has 2 heterocycles. The highest BCUT2D eigenvalue weighted by Gasteiger charge is 2.06. The van der Waals surface area contributed by atoms with Crippen molar-refractivity contribution < 1.29 is 0 Å². The lowest BCUT2D eigenvalue weighted by Gasteiger charge is -2.10.